The number of furan rings is 1. The molecule has 212 valence electrons. The molecule has 0 saturated carbocycles. The van der Waals surface area contributed by atoms with Gasteiger partial charge in [0.1, 0.15) is 17.2 Å². The van der Waals surface area contributed by atoms with Gasteiger partial charge in [-0.1, -0.05) is 51.1 Å². The van der Waals surface area contributed by atoms with Crippen LogP contribution in [0.25, 0.3) is 21.9 Å². The summed E-state index contributed by atoms with van der Waals surface area (Å²) in [6, 6.07) is 13.0. The number of aryl methyl sites for hydroxylation is 1. The van der Waals surface area contributed by atoms with Crippen molar-refractivity contribution >= 4 is 45.5 Å². The molecule has 0 fully saturated rings. The molecule has 2 aromatic carbocycles. The first kappa shape index (κ1) is 29.5. The van der Waals surface area contributed by atoms with Gasteiger partial charge in [-0.25, -0.2) is 4.79 Å². The smallest absolute Gasteiger partial charge is 0.339 e. The molecule has 0 aliphatic carbocycles. The van der Waals surface area contributed by atoms with Crippen LogP contribution in [0.5, 0.6) is 0 Å². The lowest BCUT2D eigenvalue weighted by Gasteiger charge is -2.20. The average Bonchev–Trinajstić information content (AvgIpc) is 3.31. The minimum atomic E-state index is -0.678. The van der Waals surface area contributed by atoms with E-state index in [1.165, 1.54) is 0 Å². The van der Waals surface area contributed by atoms with Crippen molar-refractivity contribution < 1.29 is 18.4 Å². The van der Waals surface area contributed by atoms with Crippen LogP contribution in [0.3, 0.4) is 0 Å². The molecule has 0 saturated heterocycles. The number of fused-ring (bicyclic) bond motifs is 2. The molecule has 4 rings (SSSR count). The predicted molar refractivity (Wildman–Crippen MR) is 162 cm³/mol. The van der Waals surface area contributed by atoms with E-state index in [9.17, 15) is 14.4 Å². The Bertz CT molecular complexity index is 1560. The molecule has 0 unspecified atom stereocenters. The summed E-state index contributed by atoms with van der Waals surface area (Å²) in [6.45, 7) is 12.0. The van der Waals surface area contributed by atoms with E-state index in [0.717, 1.165) is 33.2 Å². The third-order valence-electron chi connectivity index (χ3n) is 6.87. The summed E-state index contributed by atoms with van der Waals surface area (Å²) in [7, 11) is 0. The van der Waals surface area contributed by atoms with Crippen molar-refractivity contribution in [2.24, 2.45) is 0 Å². The van der Waals surface area contributed by atoms with Crippen LogP contribution < -0.4 is 16.3 Å². The fraction of sp³-hybridized carbons (Fsp3) is 0.406. The summed E-state index contributed by atoms with van der Waals surface area (Å²) in [5, 5.41) is 7.58. The summed E-state index contributed by atoms with van der Waals surface area (Å²) in [5.74, 6) is 0.667. The van der Waals surface area contributed by atoms with E-state index in [1.54, 1.807) is 24.1 Å². The minimum Gasteiger partial charge on any atom is -0.464 e. The van der Waals surface area contributed by atoms with Gasteiger partial charge in [0.25, 0.3) is 0 Å². The van der Waals surface area contributed by atoms with Crippen molar-refractivity contribution in [3.8, 4) is 0 Å². The number of hydrogen-bond donors (Lipinski definition) is 2. The van der Waals surface area contributed by atoms with E-state index in [2.05, 4.69) is 31.4 Å². The molecule has 2 aromatic heterocycles. The van der Waals surface area contributed by atoms with Gasteiger partial charge >= 0.3 is 5.63 Å². The molecule has 2 amide bonds. The highest BCUT2D eigenvalue weighted by atomic mass is 32.2. The standard InChI is InChI=1S/C32H38N2O5S/c1-19(2)33-30(36)26(18-40-17-21-10-8-7-9-11-21)34-29(35)13-12-22-20(3)23-14-24-25(32(4,5)6)16-38-27(24)15-28(23)39-31(22)37/h7-11,14-16,19,26H,12-13,17-18H2,1-6H3,(H,33,36)(H,34,35)/t26-/m0/s1. The molecular weight excluding hydrogens is 524 g/mol. The molecule has 0 bridgehead atoms. The second kappa shape index (κ2) is 12.3. The molecule has 1 atom stereocenters. The molecule has 7 nitrogen and oxygen atoms in total. The van der Waals surface area contributed by atoms with Crippen molar-refractivity contribution in [3.63, 3.8) is 0 Å². The van der Waals surface area contributed by atoms with Gasteiger partial charge in [-0.15, -0.1) is 0 Å². The lowest BCUT2D eigenvalue weighted by molar-refractivity contribution is -0.128. The quantitative estimate of drug-likeness (QED) is 0.229. The first-order valence-corrected chi connectivity index (χ1v) is 14.8. The number of nitrogens with one attached hydrogen (secondary N) is 2. The second-order valence-electron chi connectivity index (χ2n) is 11.5. The Morgan fingerprint density at radius 3 is 2.40 bits per heavy atom. The van der Waals surface area contributed by atoms with Crippen molar-refractivity contribution in [2.75, 3.05) is 5.75 Å². The summed E-state index contributed by atoms with van der Waals surface area (Å²) in [5.41, 5.74) is 4.03. The zero-order valence-corrected chi connectivity index (χ0v) is 24.9. The van der Waals surface area contributed by atoms with Crippen molar-refractivity contribution in [2.45, 2.75) is 77.6 Å². The first-order valence-electron chi connectivity index (χ1n) is 13.6. The van der Waals surface area contributed by atoms with E-state index in [1.807, 2.05) is 57.2 Å². The van der Waals surface area contributed by atoms with Crippen LogP contribution in [0, 0.1) is 6.92 Å². The lowest BCUT2D eigenvalue weighted by Crippen LogP contribution is -2.50. The van der Waals surface area contributed by atoms with Gasteiger partial charge in [0.2, 0.25) is 11.8 Å². The van der Waals surface area contributed by atoms with Crippen LogP contribution in [-0.2, 0) is 27.2 Å². The molecule has 0 aliphatic rings. The van der Waals surface area contributed by atoms with E-state index in [4.69, 9.17) is 8.83 Å². The Labute approximate surface area is 239 Å². The van der Waals surface area contributed by atoms with E-state index in [-0.39, 0.29) is 36.1 Å². The SMILES string of the molecule is Cc1c(CCC(=O)N[C@@H](CSCc2ccccc2)C(=O)NC(C)C)c(=O)oc2cc3occ(C(C)(C)C)c3cc12. The Hall–Kier alpha value is -3.52. The largest absolute Gasteiger partial charge is 0.464 e. The maximum absolute atomic E-state index is 13.0. The molecule has 40 heavy (non-hydrogen) atoms. The molecule has 0 spiro atoms. The van der Waals surface area contributed by atoms with Gasteiger partial charge in [0, 0.05) is 51.9 Å². The maximum atomic E-state index is 13.0. The number of amides is 2. The fourth-order valence-corrected chi connectivity index (χ4v) is 5.74. The summed E-state index contributed by atoms with van der Waals surface area (Å²) in [4.78, 5) is 38.7. The summed E-state index contributed by atoms with van der Waals surface area (Å²) < 4.78 is 11.4. The summed E-state index contributed by atoms with van der Waals surface area (Å²) >= 11 is 1.59. The normalized spacial score (nSPS) is 12.7. The van der Waals surface area contributed by atoms with Crippen LogP contribution in [0.1, 0.15) is 63.3 Å². The zero-order valence-electron chi connectivity index (χ0n) is 24.1. The van der Waals surface area contributed by atoms with E-state index >= 15 is 0 Å². The molecule has 2 N–H and O–H groups in total. The third kappa shape index (κ3) is 6.97. The molecular formula is C32H38N2O5S. The third-order valence-corrected chi connectivity index (χ3v) is 7.98. The van der Waals surface area contributed by atoms with Crippen molar-refractivity contribution in [1.29, 1.82) is 0 Å². The predicted octanol–water partition coefficient (Wildman–Crippen LogP) is 6.02. The summed E-state index contributed by atoms with van der Waals surface area (Å²) in [6.07, 6.45) is 2.03. The van der Waals surface area contributed by atoms with Crippen LogP contribution in [0.4, 0.5) is 0 Å². The highest BCUT2D eigenvalue weighted by molar-refractivity contribution is 7.98. The monoisotopic (exact) mass is 562 g/mol. The lowest BCUT2D eigenvalue weighted by atomic mass is 9.86. The second-order valence-corrected chi connectivity index (χ2v) is 12.6. The average molecular weight is 563 g/mol. The van der Waals surface area contributed by atoms with Crippen LogP contribution in [0.15, 0.2) is 62.4 Å². The van der Waals surface area contributed by atoms with Gasteiger partial charge < -0.3 is 19.5 Å². The Morgan fingerprint density at radius 2 is 1.73 bits per heavy atom. The van der Waals surface area contributed by atoms with Crippen LogP contribution in [0.2, 0.25) is 0 Å². The highest BCUT2D eigenvalue weighted by Gasteiger charge is 2.24. The fourth-order valence-electron chi connectivity index (χ4n) is 4.72. The minimum absolute atomic E-state index is 0.0450. The molecule has 0 aliphatic heterocycles. The molecule has 0 radical (unpaired) electrons. The van der Waals surface area contributed by atoms with Gasteiger partial charge in [-0.05, 0) is 49.8 Å². The number of rotatable bonds is 10. The van der Waals surface area contributed by atoms with Crippen molar-refractivity contribution in [1.82, 2.24) is 10.6 Å². The Kier molecular flexibility index (Phi) is 9.08. The van der Waals surface area contributed by atoms with Crippen molar-refractivity contribution in [3.05, 3.63) is 81.4 Å². The van der Waals surface area contributed by atoms with Crippen LogP contribution >= 0.6 is 11.8 Å². The van der Waals surface area contributed by atoms with Gasteiger partial charge in [-0.3, -0.25) is 9.59 Å². The zero-order chi connectivity index (χ0) is 29.0. The van der Waals surface area contributed by atoms with E-state index < -0.39 is 11.7 Å². The van der Waals surface area contributed by atoms with Crippen LogP contribution in [-0.4, -0.2) is 29.7 Å². The molecule has 2 heterocycles. The Morgan fingerprint density at radius 1 is 1.00 bits per heavy atom. The van der Waals surface area contributed by atoms with Gasteiger partial charge in [0.05, 0.1) is 6.26 Å². The number of thioether (sulfide) groups is 1. The Balaban J connectivity index is 1.49. The number of carbonyl (C=O) groups is 2. The number of hydrogen-bond acceptors (Lipinski definition) is 6. The topological polar surface area (TPSA) is 102 Å². The maximum Gasteiger partial charge on any atom is 0.339 e. The first-order chi connectivity index (χ1) is 18.9. The molecule has 8 heteroatoms. The van der Waals surface area contributed by atoms with Gasteiger partial charge in [0.15, 0.2) is 0 Å². The number of benzene rings is 2. The van der Waals surface area contributed by atoms with E-state index in [0.29, 0.717) is 22.5 Å². The molecule has 4 aromatic rings. The number of carbonyl (C=O) groups excluding carboxylic acids is 2. The van der Waals surface area contributed by atoms with Gasteiger partial charge in [-0.2, -0.15) is 11.8 Å². The highest BCUT2D eigenvalue weighted by Crippen LogP contribution is 2.35.